The molecule has 4 aromatic carbocycles. The van der Waals surface area contributed by atoms with Crippen LogP contribution in [0, 0.1) is 5.82 Å². The van der Waals surface area contributed by atoms with Crippen LogP contribution >= 0.6 is 11.6 Å². The summed E-state index contributed by atoms with van der Waals surface area (Å²) in [4.78, 5) is 29.5. The van der Waals surface area contributed by atoms with Crippen LogP contribution in [0.15, 0.2) is 102 Å². The summed E-state index contributed by atoms with van der Waals surface area (Å²) in [5.41, 5.74) is 1.42. The summed E-state index contributed by atoms with van der Waals surface area (Å²) in [6.45, 7) is 3.41. The second kappa shape index (κ2) is 14.9. The zero-order valence-electron chi connectivity index (χ0n) is 25.9. The Bertz CT molecular complexity index is 1820. The number of hydrogen-bond donors (Lipinski definition) is 1. The van der Waals surface area contributed by atoms with E-state index in [2.05, 4.69) is 5.32 Å². The minimum absolute atomic E-state index is 0.0542. The van der Waals surface area contributed by atoms with Gasteiger partial charge in [-0.05, 0) is 67.4 Å². The van der Waals surface area contributed by atoms with Crippen molar-refractivity contribution in [3.8, 4) is 11.5 Å². The Balaban J connectivity index is 1.58. The molecule has 47 heavy (non-hydrogen) atoms. The van der Waals surface area contributed by atoms with Gasteiger partial charge in [-0.15, -0.1) is 0 Å². The normalized spacial score (nSPS) is 13.1. The lowest BCUT2D eigenvalue weighted by molar-refractivity contribution is -0.140. The summed E-state index contributed by atoms with van der Waals surface area (Å²) in [5.74, 6) is -1.02. The molecule has 0 bridgehead atoms. The van der Waals surface area contributed by atoms with Crippen molar-refractivity contribution < 1.29 is 31.9 Å². The fraction of sp³-hybridized carbons (Fsp3) is 0.257. The van der Waals surface area contributed by atoms with Crippen molar-refractivity contribution in [2.24, 2.45) is 0 Å². The Labute approximate surface area is 278 Å². The van der Waals surface area contributed by atoms with Crippen LogP contribution in [0.3, 0.4) is 0 Å². The van der Waals surface area contributed by atoms with Crippen molar-refractivity contribution in [2.45, 2.75) is 43.8 Å². The maximum absolute atomic E-state index is 14.5. The Hall–Kier alpha value is -4.61. The van der Waals surface area contributed by atoms with E-state index in [-0.39, 0.29) is 41.9 Å². The number of carbonyl (C=O) groups excluding carboxylic acids is 2. The maximum atomic E-state index is 14.5. The van der Waals surface area contributed by atoms with Crippen LogP contribution < -0.4 is 19.1 Å². The molecule has 1 unspecified atom stereocenters. The number of hydrogen-bond acceptors (Lipinski definition) is 6. The molecule has 0 spiro atoms. The van der Waals surface area contributed by atoms with Gasteiger partial charge in [0.05, 0.1) is 10.6 Å². The number of amides is 2. The van der Waals surface area contributed by atoms with Crippen molar-refractivity contribution in [3.63, 3.8) is 0 Å². The highest BCUT2D eigenvalue weighted by Crippen LogP contribution is 2.34. The Kier molecular flexibility index (Phi) is 10.7. The minimum Gasteiger partial charge on any atom is -0.486 e. The van der Waals surface area contributed by atoms with E-state index in [0.717, 1.165) is 22.0 Å². The first kappa shape index (κ1) is 33.7. The molecular formula is C35H35ClFN3O6S. The van der Waals surface area contributed by atoms with Gasteiger partial charge >= 0.3 is 0 Å². The van der Waals surface area contributed by atoms with Gasteiger partial charge in [0.25, 0.3) is 10.0 Å². The molecule has 0 saturated heterocycles. The van der Waals surface area contributed by atoms with Crippen molar-refractivity contribution in [3.05, 3.63) is 119 Å². The third-order valence-electron chi connectivity index (χ3n) is 7.50. The molecule has 5 rings (SSSR count). The Morgan fingerprint density at radius 3 is 2.23 bits per heavy atom. The van der Waals surface area contributed by atoms with Gasteiger partial charge in [-0.25, -0.2) is 12.8 Å². The molecule has 9 nitrogen and oxygen atoms in total. The van der Waals surface area contributed by atoms with Crippen LogP contribution in [0.1, 0.15) is 25.0 Å². The second-order valence-corrected chi connectivity index (χ2v) is 13.5. The van der Waals surface area contributed by atoms with E-state index in [1.165, 1.54) is 35.2 Å². The maximum Gasteiger partial charge on any atom is 0.264 e. The fourth-order valence-electron chi connectivity index (χ4n) is 5.19. The summed E-state index contributed by atoms with van der Waals surface area (Å²) in [7, 11) is -4.43. The van der Waals surface area contributed by atoms with Crippen LogP contribution in [-0.2, 0) is 32.6 Å². The molecule has 1 atom stereocenters. The molecule has 2 amide bonds. The van der Waals surface area contributed by atoms with E-state index < -0.39 is 40.2 Å². The standard InChI is InChI=1S/C35H35ClFN3O6S/c1-24(2)38-35(42)31(20-25-8-4-3-5-9-25)39(22-26-10-6-7-11-30(26)36)34(41)23-40(28-14-12-27(37)13-15-28)47(43,44)29-16-17-32-33(21-29)46-19-18-45-32/h3-17,21,24,31H,18-20,22-23H2,1-2H3,(H,38,42). The van der Waals surface area contributed by atoms with E-state index in [0.29, 0.717) is 22.9 Å². The van der Waals surface area contributed by atoms with Crippen LogP contribution in [0.4, 0.5) is 10.1 Å². The number of benzene rings is 4. The van der Waals surface area contributed by atoms with Crippen molar-refractivity contribution in [1.29, 1.82) is 0 Å². The van der Waals surface area contributed by atoms with Crippen molar-refractivity contribution in [1.82, 2.24) is 10.2 Å². The largest absolute Gasteiger partial charge is 0.486 e. The molecule has 246 valence electrons. The highest BCUT2D eigenvalue weighted by Gasteiger charge is 2.35. The van der Waals surface area contributed by atoms with Gasteiger partial charge in [0.2, 0.25) is 11.8 Å². The first-order valence-corrected chi connectivity index (χ1v) is 16.9. The molecule has 0 radical (unpaired) electrons. The second-order valence-electron chi connectivity index (χ2n) is 11.3. The molecule has 1 aliphatic heterocycles. The minimum atomic E-state index is -4.43. The third kappa shape index (κ3) is 8.22. The monoisotopic (exact) mass is 679 g/mol. The number of sulfonamides is 1. The van der Waals surface area contributed by atoms with Crippen LogP contribution in [-0.4, -0.2) is 57.0 Å². The number of anilines is 1. The van der Waals surface area contributed by atoms with E-state index in [1.54, 1.807) is 24.3 Å². The molecule has 0 saturated carbocycles. The molecule has 12 heteroatoms. The number of rotatable bonds is 12. The number of ether oxygens (including phenoxy) is 2. The van der Waals surface area contributed by atoms with Gasteiger partial charge in [0, 0.05) is 30.1 Å². The molecule has 1 heterocycles. The SMILES string of the molecule is CC(C)NC(=O)C(Cc1ccccc1)N(Cc1ccccc1Cl)C(=O)CN(c1ccc(F)cc1)S(=O)(=O)c1ccc2c(c1)OCCO2. The molecule has 4 aromatic rings. The number of fused-ring (bicyclic) bond motifs is 1. The van der Waals surface area contributed by atoms with Crippen LogP contribution in [0.2, 0.25) is 5.02 Å². The predicted octanol–water partition coefficient (Wildman–Crippen LogP) is 5.61. The van der Waals surface area contributed by atoms with Gasteiger partial charge in [-0.3, -0.25) is 13.9 Å². The summed E-state index contributed by atoms with van der Waals surface area (Å²) in [6.07, 6.45) is 0.154. The summed E-state index contributed by atoms with van der Waals surface area (Å²) in [5, 5.41) is 3.29. The lowest BCUT2D eigenvalue weighted by atomic mass is 10.0. The highest BCUT2D eigenvalue weighted by molar-refractivity contribution is 7.92. The highest BCUT2D eigenvalue weighted by atomic mass is 35.5. The Morgan fingerprint density at radius 1 is 0.894 bits per heavy atom. The van der Waals surface area contributed by atoms with Gasteiger partial charge in [0.1, 0.15) is 31.6 Å². The molecule has 0 fully saturated rings. The quantitative estimate of drug-likeness (QED) is 0.209. The summed E-state index contributed by atoms with van der Waals surface area (Å²) >= 11 is 6.53. The van der Waals surface area contributed by atoms with Crippen molar-refractivity contribution in [2.75, 3.05) is 24.1 Å². The average Bonchev–Trinajstić information content (AvgIpc) is 3.06. The van der Waals surface area contributed by atoms with E-state index in [4.69, 9.17) is 21.1 Å². The van der Waals surface area contributed by atoms with Crippen LogP contribution in [0.25, 0.3) is 0 Å². The number of carbonyl (C=O) groups is 2. The third-order valence-corrected chi connectivity index (χ3v) is 9.63. The topological polar surface area (TPSA) is 105 Å². The van der Waals surface area contributed by atoms with E-state index >= 15 is 0 Å². The number of halogens is 2. The summed E-state index contributed by atoms with van der Waals surface area (Å²) < 4.78 is 54.6. The molecule has 1 aliphatic rings. The van der Waals surface area contributed by atoms with Crippen molar-refractivity contribution >= 4 is 39.1 Å². The average molecular weight is 680 g/mol. The zero-order valence-corrected chi connectivity index (χ0v) is 27.5. The Morgan fingerprint density at radius 2 is 1.55 bits per heavy atom. The van der Waals surface area contributed by atoms with Crippen LogP contribution in [0.5, 0.6) is 11.5 Å². The molecular weight excluding hydrogens is 645 g/mol. The first-order valence-electron chi connectivity index (χ1n) is 15.1. The van der Waals surface area contributed by atoms with Gasteiger partial charge in [-0.2, -0.15) is 0 Å². The number of nitrogens with one attached hydrogen (secondary N) is 1. The van der Waals surface area contributed by atoms with E-state index in [1.807, 2.05) is 44.2 Å². The van der Waals surface area contributed by atoms with Gasteiger partial charge < -0.3 is 19.7 Å². The fourth-order valence-corrected chi connectivity index (χ4v) is 6.82. The van der Waals surface area contributed by atoms with Gasteiger partial charge in [0.15, 0.2) is 11.5 Å². The lowest BCUT2D eigenvalue weighted by Gasteiger charge is -2.34. The predicted molar refractivity (Wildman–Crippen MR) is 178 cm³/mol. The molecule has 0 aromatic heterocycles. The molecule has 1 N–H and O–H groups in total. The zero-order chi connectivity index (χ0) is 33.6. The van der Waals surface area contributed by atoms with E-state index in [9.17, 15) is 22.4 Å². The first-order chi connectivity index (χ1) is 22.5. The number of nitrogens with zero attached hydrogens (tertiary/aromatic N) is 2. The molecule has 0 aliphatic carbocycles. The lowest BCUT2D eigenvalue weighted by Crippen LogP contribution is -2.54. The van der Waals surface area contributed by atoms with Gasteiger partial charge in [-0.1, -0.05) is 60.1 Å². The summed E-state index contributed by atoms with van der Waals surface area (Å²) in [6, 6.07) is 23.9. The smallest absolute Gasteiger partial charge is 0.264 e.